The second kappa shape index (κ2) is 10.3. The van der Waals surface area contributed by atoms with Gasteiger partial charge in [0.2, 0.25) is 11.8 Å². The lowest BCUT2D eigenvalue weighted by Crippen LogP contribution is -2.36. The molecule has 28 heavy (non-hydrogen) atoms. The van der Waals surface area contributed by atoms with Crippen molar-refractivity contribution in [2.75, 3.05) is 30.3 Å². The number of anilines is 2. The van der Waals surface area contributed by atoms with E-state index in [0.717, 1.165) is 16.8 Å². The topological polar surface area (TPSA) is 79.5 Å². The lowest BCUT2D eigenvalue weighted by atomic mass is 10.1. The van der Waals surface area contributed by atoms with E-state index in [1.54, 1.807) is 12.1 Å². The number of amides is 2. The molecule has 8 heteroatoms. The average Bonchev–Trinajstić information content (AvgIpc) is 2.64. The molecule has 0 saturated heterocycles. The first kappa shape index (κ1) is 22.0. The number of ether oxygens (including phenoxy) is 1. The molecule has 0 unspecified atom stereocenters. The molecule has 0 aromatic heterocycles. The van der Waals surface area contributed by atoms with E-state index in [2.05, 4.69) is 31.9 Å². The van der Waals surface area contributed by atoms with Gasteiger partial charge in [0.25, 0.3) is 0 Å². The summed E-state index contributed by atoms with van der Waals surface area (Å²) in [5.41, 5.74) is 3.30. The maximum absolute atomic E-state index is 12.1. The van der Waals surface area contributed by atoms with Crippen molar-refractivity contribution in [3.8, 4) is 5.75 Å². The second-order valence-electron chi connectivity index (χ2n) is 6.14. The van der Waals surface area contributed by atoms with E-state index in [4.69, 9.17) is 16.3 Å². The Hall–Kier alpha value is -2.25. The number of carbonyl (C=O) groups is 2. The molecule has 2 amide bonds. The minimum absolute atomic E-state index is 0.0243. The summed E-state index contributed by atoms with van der Waals surface area (Å²) in [6.07, 6.45) is 0. The van der Waals surface area contributed by atoms with Gasteiger partial charge in [0, 0.05) is 10.7 Å². The van der Waals surface area contributed by atoms with E-state index >= 15 is 0 Å². The van der Waals surface area contributed by atoms with E-state index in [9.17, 15) is 9.59 Å². The lowest BCUT2D eigenvalue weighted by Gasteiger charge is -2.15. The third kappa shape index (κ3) is 6.14. The predicted molar refractivity (Wildman–Crippen MR) is 116 cm³/mol. The summed E-state index contributed by atoms with van der Waals surface area (Å²) in [4.78, 5) is 24.2. The van der Waals surface area contributed by atoms with Gasteiger partial charge in [-0.05, 0) is 60.0 Å². The molecule has 0 radical (unpaired) electrons. The molecule has 0 spiro atoms. The molecule has 2 rings (SSSR count). The van der Waals surface area contributed by atoms with Crippen LogP contribution in [0.2, 0.25) is 5.02 Å². The maximum atomic E-state index is 12.1. The van der Waals surface area contributed by atoms with Crippen LogP contribution in [0.15, 0.2) is 34.8 Å². The third-order valence-corrected chi connectivity index (χ3v) is 4.74. The summed E-state index contributed by atoms with van der Waals surface area (Å²) in [6.45, 7) is 6.04. The molecule has 6 nitrogen and oxygen atoms in total. The Bertz CT molecular complexity index is 854. The predicted octanol–water partition coefficient (Wildman–Crippen LogP) is 4.28. The van der Waals surface area contributed by atoms with Crippen LogP contribution in [-0.2, 0) is 9.59 Å². The fourth-order valence-electron chi connectivity index (χ4n) is 2.59. The zero-order chi connectivity index (χ0) is 20.7. The van der Waals surface area contributed by atoms with Crippen molar-refractivity contribution in [2.45, 2.75) is 20.8 Å². The molecule has 0 atom stereocenters. The molecular formula is C20H23BrClN3O3. The highest BCUT2D eigenvalue weighted by Gasteiger charge is 2.13. The van der Waals surface area contributed by atoms with Gasteiger partial charge in [0.15, 0.2) is 5.75 Å². The molecule has 0 aliphatic heterocycles. The van der Waals surface area contributed by atoms with Gasteiger partial charge in [-0.25, -0.2) is 0 Å². The molecule has 3 N–H and O–H groups in total. The highest BCUT2D eigenvalue weighted by atomic mass is 79.9. The van der Waals surface area contributed by atoms with Gasteiger partial charge in [-0.1, -0.05) is 29.8 Å². The first-order valence-electron chi connectivity index (χ1n) is 8.80. The molecule has 0 heterocycles. The fraction of sp³-hybridized carbons (Fsp3) is 0.300. The zero-order valence-electron chi connectivity index (χ0n) is 16.0. The number of para-hydroxylation sites is 1. The Labute approximate surface area is 178 Å². The molecule has 0 fully saturated rings. The van der Waals surface area contributed by atoms with Crippen LogP contribution in [-0.4, -0.2) is 31.5 Å². The van der Waals surface area contributed by atoms with Crippen molar-refractivity contribution in [3.63, 3.8) is 0 Å². The van der Waals surface area contributed by atoms with Gasteiger partial charge in [-0.2, -0.15) is 0 Å². The van der Waals surface area contributed by atoms with Crippen LogP contribution in [0.5, 0.6) is 5.75 Å². The van der Waals surface area contributed by atoms with Crippen molar-refractivity contribution in [3.05, 3.63) is 51.0 Å². The molecular weight excluding hydrogens is 446 g/mol. The van der Waals surface area contributed by atoms with Gasteiger partial charge >= 0.3 is 0 Å². The Kier molecular flexibility index (Phi) is 8.14. The summed E-state index contributed by atoms with van der Waals surface area (Å²) in [7, 11) is 0. The van der Waals surface area contributed by atoms with Crippen molar-refractivity contribution in [1.29, 1.82) is 0 Å². The number of hydrogen-bond donors (Lipinski definition) is 3. The molecule has 0 bridgehead atoms. The summed E-state index contributed by atoms with van der Waals surface area (Å²) in [6, 6.07) is 9.17. The Morgan fingerprint density at radius 2 is 1.79 bits per heavy atom. The number of carbonyl (C=O) groups excluding carboxylic acids is 2. The highest BCUT2D eigenvalue weighted by molar-refractivity contribution is 9.10. The SMILES string of the molecule is CCOc1c(Br)cc(Cl)cc1NCC(=O)NCC(=O)Nc1c(C)cccc1C. The van der Waals surface area contributed by atoms with Gasteiger partial charge < -0.3 is 20.7 Å². The lowest BCUT2D eigenvalue weighted by molar-refractivity contribution is -0.122. The van der Waals surface area contributed by atoms with Gasteiger partial charge in [-0.15, -0.1) is 0 Å². The normalized spacial score (nSPS) is 10.3. The van der Waals surface area contributed by atoms with E-state index in [-0.39, 0.29) is 24.9 Å². The number of nitrogens with one attached hydrogen (secondary N) is 3. The van der Waals surface area contributed by atoms with Gasteiger partial charge in [0.05, 0.1) is 29.9 Å². The quantitative estimate of drug-likeness (QED) is 0.540. The average molecular weight is 469 g/mol. The Morgan fingerprint density at radius 1 is 1.11 bits per heavy atom. The van der Waals surface area contributed by atoms with Crippen LogP contribution in [0, 0.1) is 13.8 Å². The number of aryl methyl sites for hydroxylation is 2. The monoisotopic (exact) mass is 467 g/mol. The minimum atomic E-state index is -0.324. The minimum Gasteiger partial charge on any atom is -0.491 e. The van der Waals surface area contributed by atoms with Crippen molar-refractivity contribution >= 4 is 50.7 Å². The van der Waals surface area contributed by atoms with E-state index < -0.39 is 0 Å². The summed E-state index contributed by atoms with van der Waals surface area (Å²) in [5.74, 6) is -0.0334. The smallest absolute Gasteiger partial charge is 0.243 e. The van der Waals surface area contributed by atoms with Gasteiger partial charge in [-0.3, -0.25) is 9.59 Å². The van der Waals surface area contributed by atoms with E-state index in [0.29, 0.717) is 27.5 Å². The zero-order valence-corrected chi connectivity index (χ0v) is 18.3. The molecule has 2 aromatic carbocycles. The Balaban J connectivity index is 1.89. The molecule has 2 aromatic rings. The molecule has 0 aliphatic rings. The highest BCUT2D eigenvalue weighted by Crippen LogP contribution is 2.36. The number of halogens is 2. The van der Waals surface area contributed by atoms with Crippen LogP contribution in [0.25, 0.3) is 0 Å². The molecule has 150 valence electrons. The largest absolute Gasteiger partial charge is 0.491 e. The summed E-state index contributed by atoms with van der Waals surface area (Å²) < 4.78 is 6.27. The van der Waals surface area contributed by atoms with E-state index in [1.165, 1.54) is 0 Å². The second-order valence-corrected chi connectivity index (χ2v) is 7.43. The van der Waals surface area contributed by atoms with Gasteiger partial charge in [0.1, 0.15) is 0 Å². The first-order valence-corrected chi connectivity index (χ1v) is 9.97. The Morgan fingerprint density at radius 3 is 2.43 bits per heavy atom. The maximum Gasteiger partial charge on any atom is 0.243 e. The molecule has 0 aliphatic carbocycles. The van der Waals surface area contributed by atoms with Crippen molar-refractivity contribution in [2.24, 2.45) is 0 Å². The summed E-state index contributed by atoms with van der Waals surface area (Å²) in [5, 5.41) is 8.92. The third-order valence-electron chi connectivity index (χ3n) is 3.93. The first-order chi connectivity index (χ1) is 13.3. The number of hydrogen-bond acceptors (Lipinski definition) is 4. The van der Waals surface area contributed by atoms with E-state index in [1.807, 2.05) is 39.0 Å². The number of rotatable bonds is 8. The standard InChI is InChI=1S/C20H23BrClN3O3/c1-4-28-20-15(21)8-14(22)9-16(20)23-10-17(26)24-11-18(27)25-19-12(2)6-5-7-13(19)3/h5-9,23H,4,10-11H2,1-3H3,(H,24,26)(H,25,27). The van der Waals surface area contributed by atoms with Crippen LogP contribution in [0.4, 0.5) is 11.4 Å². The van der Waals surface area contributed by atoms with Crippen LogP contribution in [0.3, 0.4) is 0 Å². The fourth-order valence-corrected chi connectivity index (χ4v) is 3.52. The van der Waals surface area contributed by atoms with Crippen molar-refractivity contribution in [1.82, 2.24) is 5.32 Å². The van der Waals surface area contributed by atoms with Crippen LogP contribution >= 0.6 is 27.5 Å². The molecule has 0 saturated carbocycles. The summed E-state index contributed by atoms with van der Waals surface area (Å²) >= 11 is 9.46. The van der Waals surface area contributed by atoms with Crippen molar-refractivity contribution < 1.29 is 14.3 Å². The van der Waals surface area contributed by atoms with Crippen LogP contribution < -0.4 is 20.7 Å². The van der Waals surface area contributed by atoms with Crippen LogP contribution in [0.1, 0.15) is 18.1 Å². The number of benzene rings is 2.